The molecule has 1 saturated carbocycles. The quantitative estimate of drug-likeness (QED) is 0.355. The molecule has 0 aliphatic heterocycles. The molecule has 0 saturated heterocycles. The molecule has 188 valence electrons. The lowest BCUT2D eigenvalue weighted by molar-refractivity contribution is 0.305. The van der Waals surface area contributed by atoms with Gasteiger partial charge in [0.25, 0.3) is 5.56 Å². The molecule has 1 aliphatic carbocycles. The molecule has 10 heteroatoms. The lowest BCUT2D eigenvalue weighted by Crippen LogP contribution is -2.29. The van der Waals surface area contributed by atoms with E-state index in [1.807, 2.05) is 17.1 Å². The van der Waals surface area contributed by atoms with Crippen molar-refractivity contribution in [1.29, 1.82) is 0 Å². The Hall–Kier alpha value is -2.98. The van der Waals surface area contributed by atoms with Crippen LogP contribution in [-0.4, -0.2) is 24.4 Å². The number of anilines is 1. The van der Waals surface area contributed by atoms with Crippen LogP contribution in [-0.2, 0) is 22.3 Å². The van der Waals surface area contributed by atoms with E-state index in [0.717, 1.165) is 24.0 Å². The third kappa shape index (κ3) is 6.58. The number of benzene rings is 2. The number of hydrogen-bond acceptors (Lipinski definition) is 5. The van der Waals surface area contributed by atoms with Crippen LogP contribution >= 0.6 is 0 Å². The van der Waals surface area contributed by atoms with Crippen molar-refractivity contribution < 1.29 is 12.8 Å². The van der Waals surface area contributed by atoms with Crippen LogP contribution in [0.2, 0.25) is 0 Å². The molecular formula is C25H31FN4O4S. The van der Waals surface area contributed by atoms with E-state index in [1.165, 1.54) is 38.2 Å². The van der Waals surface area contributed by atoms with Crippen LogP contribution in [0, 0.1) is 11.7 Å². The van der Waals surface area contributed by atoms with Gasteiger partial charge in [-0.05, 0) is 48.6 Å². The SMILES string of the molecule is C[C@@H](CC1CCCCC1)NCc1ccccc1NS(=O)(=O)Cc1cc(F)c2[nH]c(=O)[nH]c(=O)c2c1. The van der Waals surface area contributed by atoms with E-state index < -0.39 is 32.8 Å². The van der Waals surface area contributed by atoms with Gasteiger partial charge >= 0.3 is 5.69 Å². The first-order valence-corrected chi connectivity index (χ1v) is 13.6. The molecule has 1 atom stereocenters. The van der Waals surface area contributed by atoms with Gasteiger partial charge < -0.3 is 10.3 Å². The number of aromatic nitrogens is 2. The van der Waals surface area contributed by atoms with Gasteiger partial charge in [-0.15, -0.1) is 0 Å². The summed E-state index contributed by atoms with van der Waals surface area (Å²) in [4.78, 5) is 27.7. The maximum Gasteiger partial charge on any atom is 0.326 e. The number of H-pyrrole nitrogens is 2. The largest absolute Gasteiger partial charge is 0.326 e. The molecule has 1 aliphatic rings. The summed E-state index contributed by atoms with van der Waals surface area (Å²) < 4.78 is 42.9. The molecule has 2 aromatic carbocycles. The number of hydrogen-bond donors (Lipinski definition) is 4. The lowest BCUT2D eigenvalue weighted by Gasteiger charge is -2.25. The minimum atomic E-state index is -3.91. The summed E-state index contributed by atoms with van der Waals surface area (Å²) in [6.45, 7) is 2.67. The van der Waals surface area contributed by atoms with E-state index in [4.69, 9.17) is 0 Å². The number of halogens is 1. The zero-order chi connectivity index (χ0) is 25.0. The highest BCUT2D eigenvalue weighted by atomic mass is 32.2. The summed E-state index contributed by atoms with van der Waals surface area (Å²) in [6.07, 6.45) is 7.59. The Balaban J connectivity index is 1.45. The first-order chi connectivity index (χ1) is 16.7. The van der Waals surface area contributed by atoms with Crippen LogP contribution in [0.4, 0.5) is 10.1 Å². The number of aromatic amines is 2. The van der Waals surface area contributed by atoms with Gasteiger partial charge in [-0.2, -0.15) is 0 Å². The van der Waals surface area contributed by atoms with Crippen LogP contribution in [0.15, 0.2) is 46.0 Å². The van der Waals surface area contributed by atoms with E-state index in [9.17, 15) is 22.4 Å². The second kappa shape index (κ2) is 10.7. The Kier molecular flexibility index (Phi) is 7.71. The summed E-state index contributed by atoms with van der Waals surface area (Å²) in [6, 6.07) is 9.75. The molecule has 3 aromatic rings. The van der Waals surface area contributed by atoms with Crippen LogP contribution in [0.25, 0.3) is 10.9 Å². The fourth-order valence-corrected chi connectivity index (χ4v) is 6.07. The van der Waals surface area contributed by atoms with Gasteiger partial charge in [-0.1, -0.05) is 50.3 Å². The minimum Gasteiger partial charge on any atom is -0.310 e. The summed E-state index contributed by atoms with van der Waals surface area (Å²) in [5.41, 5.74) is -0.516. The van der Waals surface area contributed by atoms with E-state index in [1.54, 1.807) is 12.1 Å². The van der Waals surface area contributed by atoms with Crippen LogP contribution in [0.3, 0.4) is 0 Å². The highest BCUT2D eigenvalue weighted by Crippen LogP contribution is 2.27. The normalized spacial score (nSPS) is 15.8. The van der Waals surface area contributed by atoms with Crippen molar-refractivity contribution in [1.82, 2.24) is 15.3 Å². The standard InChI is InChI=1S/C25H31FN4O4S/c1-16(11-17-7-3-2-4-8-17)27-14-19-9-5-6-10-22(19)30-35(33,34)15-18-12-20-23(21(26)13-18)28-25(32)29-24(20)31/h5-6,9-10,12-13,16-17,27,30H,2-4,7-8,11,14-15H2,1H3,(H2,28,29,31,32)/t16-/m0/s1. The molecular weight excluding hydrogens is 471 g/mol. The Morgan fingerprint density at radius 2 is 1.83 bits per heavy atom. The van der Waals surface area contributed by atoms with Gasteiger partial charge in [0, 0.05) is 12.6 Å². The van der Waals surface area contributed by atoms with Crippen molar-refractivity contribution in [3.8, 4) is 0 Å². The molecule has 35 heavy (non-hydrogen) atoms. The Bertz CT molecular complexity index is 1410. The molecule has 0 unspecified atom stereocenters. The second-order valence-corrected chi connectivity index (χ2v) is 11.2. The molecule has 4 rings (SSSR count). The number of nitrogens with one attached hydrogen (secondary N) is 4. The summed E-state index contributed by atoms with van der Waals surface area (Å²) >= 11 is 0. The molecule has 1 aromatic heterocycles. The Labute approximate surface area is 203 Å². The predicted octanol–water partition coefficient (Wildman–Crippen LogP) is 3.75. The van der Waals surface area contributed by atoms with Crippen LogP contribution in [0.1, 0.15) is 56.6 Å². The van der Waals surface area contributed by atoms with Gasteiger partial charge in [0.2, 0.25) is 10.0 Å². The van der Waals surface area contributed by atoms with Crippen LogP contribution in [0.5, 0.6) is 0 Å². The number of fused-ring (bicyclic) bond motifs is 1. The molecule has 0 spiro atoms. The number of rotatable bonds is 9. The van der Waals surface area contributed by atoms with E-state index in [0.29, 0.717) is 18.3 Å². The zero-order valence-corrected chi connectivity index (χ0v) is 20.5. The van der Waals surface area contributed by atoms with E-state index in [2.05, 4.69) is 21.9 Å². The van der Waals surface area contributed by atoms with Gasteiger partial charge in [0.05, 0.1) is 22.3 Å². The summed E-state index contributed by atoms with van der Waals surface area (Å²) in [5, 5.41) is 3.39. The molecule has 8 nitrogen and oxygen atoms in total. The highest BCUT2D eigenvalue weighted by Gasteiger charge is 2.19. The molecule has 4 N–H and O–H groups in total. The highest BCUT2D eigenvalue weighted by molar-refractivity contribution is 7.91. The van der Waals surface area contributed by atoms with Crippen molar-refractivity contribution in [2.45, 2.75) is 63.8 Å². The molecule has 0 amide bonds. The van der Waals surface area contributed by atoms with Crippen molar-refractivity contribution in [3.05, 3.63) is 74.2 Å². The maximum absolute atomic E-state index is 14.5. The topological polar surface area (TPSA) is 124 Å². The van der Waals surface area contributed by atoms with Gasteiger partial charge in [-0.25, -0.2) is 17.6 Å². The predicted molar refractivity (Wildman–Crippen MR) is 135 cm³/mol. The van der Waals surface area contributed by atoms with Crippen LogP contribution < -0.4 is 21.3 Å². The zero-order valence-electron chi connectivity index (χ0n) is 19.7. The van der Waals surface area contributed by atoms with E-state index in [-0.39, 0.29) is 16.5 Å². The van der Waals surface area contributed by atoms with Gasteiger partial charge in [0.1, 0.15) is 5.82 Å². The summed E-state index contributed by atoms with van der Waals surface area (Å²) in [7, 11) is -3.91. The van der Waals surface area contributed by atoms with Crippen molar-refractivity contribution in [2.24, 2.45) is 5.92 Å². The average molecular weight is 503 g/mol. The van der Waals surface area contributed by atoms with Crippen molar-refractivity contribution >= 4 is 26.6 Å². The number of para-hydroxylation sites is 1. The second-order valence-electron chi connectivity index (χ2n) is 9.45. The van der Waals surface area contributed by atoms with Gasteiger partial charge in [0.15, 0.2) is 0 Å². The average Bonchev–Trinajstić information content (AvgIpc) is 2.79. The monoisotopic (exact) mass is 502 g/mol. The molecule has 1 fully saturated rings. The first kappa shape index (κ1) is 25.1. The smallest absolute Gasteiger partial charge is 0.310 e. The fraction of sp³-hybridized carbons (Fsp3) is 0.440. The van der Waals surface area contributed by atoms with Gasteiger partial charge in [-0.3, -0.25) is 14.5 Å². The fourth-order valence-electron chi connectivity index (χ4n) is 4.85. The third-order valence-electron chi connectivity index (χ3n) is 6.55. The third-order valence-corrected chi connectivity index (χ3v) is 7.80. The Morgan fingerprint density at radius 1 is 1.09 bits per heavy atom. The number of sulfonamides is 1. The minimum absolute atomic E-state index is 0.0942. The van der Waals surface area contributed by atoms with E-state index >= 15 is 0 Å². The van der Waals surface area contributed by atoms with Crippen molar-refractivity contribution in [3.63, 3.8) is 0 Å². The molecule has 0 radical (unpaired) electrons. The summed E-state index contributed by atoms with van der Waals surface area (Å²) in [5.74, 6) is -0.655. The van der Waals surface area contributed by atoms with Crippen molar-refractivity contribution in [2.75, 3.05) is 4.72 Å². The molecule has 1 heterocycles. The lowest BCUT2D eigenvalue weighted by atomic mass is 9.85. The molecule has 0 bridgehead atoms. The Morgan fingerprint density at radius 3 is 2.60 bits per heavy atom. The first-order valence-electron chi connectivity index (χ1n) is 12.0. The maximum atomic E-state index is 14.5.